The monoisotopic (exact) mass is 290 g/mol. The van der Waals surface area contributed by atoms with Crippen LogP contribution in [-0.4, -0.2) is 15.9 Å². The lowest BCUT2D eigenvalue weighted by molar-refractivity contribution is -0.120. The molecule has 1 aromatic heterocycles. The molecule has 3 rings (SSSR count). The van der Waals surface area contributed by atoms with Gasteiger partial charge in [0.1, 0.15) is 5.78 Å². The van der Waals surface area contributed by atoms with Crippen LogP contribution in [0.3, 0.4) is 0 Å². The van der Waals surface area contributed by atoms with Gasteiger partial charge < -0.3 is 4.52 Å². The number of rotatable bonds is 3. The molecule has 21 heavy (non-hydrogen) atoms. The van der Waals surface area contributed by atoms with Crippen LogP contribution in [0, 0.1) is 11.8 Å². The number of ketones is 1. The van der Waals surface area contributed by atoms with Crippen LogP contribution in [0.25, 0.3) is 0 Å². The molecule has 116 valence electrons. The van der Waals surface area contributed by atoms with Gasteiger partial charge in [-0.15, -0.1) is 0 Å². The molecular weight excluding hydrogens is 264 g/mol. The summed E-state index contributed by atoms with van der Waals surface area (Å²) in [6.45, 7) is 4.64. The first-order valence-electron chi connectivity index (χ1n) is 8.48. The van der Waals surface area contributed by atoms with Gasteiger partial charge in [-0.05, 0) is 50.4 Å². The molecule has 2 saturated carbocycles. The first kappa shape index (κ1) is 14.7. The molecular formula is C17H26N2O2. The molecule has 2 fully saturated rings. The molecule has 4 nitrogen and oxygen atoms in total. The van der Waals surface area contributed by atoms with Gasteiger partial charge in [-0.1, -0.05) is 19.0 Å². The number of nitrogens with zero attached hydrogens (tertiary/aromatic N) is 2. The zero-order valence-corrected chi connectivity index (χ0v) is 13.2. The Balaban J connectivity index is 1.59. The van der Waals surface area contributed by atoms with E-state index in [1.54, 1.807) is 0 Å². The van der Waals surface area contributed by atoms with E-state index in [9.17, 15) is 4.79 Å². The number of hydrogen-bond acceptors (Lipinski definition) is 4. The maximum atomic E-state index is 11.3. The Morgan fingerprint density at radius 3 is 2.29 bits per heavy atom. The maximum Gasteiger partial charge on any atom is 0.229 e. The SMILES string of the molecule is CC(C)C1CCC(c2noc(C3CCC(=O)CC3)n2)CC1. The van der Waals surface area contributed by atoms with Crippen molar-refractivity contribution < 1.29 is 9.32 Å². The van der Waals surface area contributed by atoms with Gasteiger partial charge in [0.15, 0.2) is 5.82 Å². The van der Waals surface area contributed by atoms with Gasteiger partial charge in [-0.25, -0.2) is 0 Å². The third-order valence-corrected chi connectivity index (χ3v) is 5.43. The lowest BCUT2D eigenvalue weighted by Crippen LogP contribution is -2.18. The Labute approximate surface area is 126 Å². The molecule has 0 atom stereocenters. The van der Waals surface area contributed by atoms with Gasteiger partial charge in [0.25, 0.3) is 0 Å². The van der Waals surface area contributed by atoms with Crippen molar-refractivity contribution in [2.45, 2.75) is 77.0 Å². The van der Waals surface area contributed by atoms with Crippen LogP contribution in [0.5, 0.6) is 0 Å². The molecule has 0 saturated heterocycles. The van der Waals surface area contributed by atoms with E-state index in [4.69, 9.17) is 4.52 Å². The van der Waals surface area contributed by atoms with Crippen LogP contribution in [0.1, 0.15) is 88.8 Å². The summed E-state index contributed by atoms with van der Waals surface area (Å²) < 4.78 is 5.49. The Hall–Kier alpha value is -1.19. The Morgan fingerprint density at radius 2 is 1.67 bits per heavy atom. The first-order valence-corrected chi connectivity index (χ1v) is 8.48. The summed E-state index contributed by atoms with van der Waals surface area (Å²) in [6, 6.07) is 0. The Kier molecular flexibility index (Phi) is 4.41. The molecule has 0 bridgehead atoms. The Bertz CT molecular complexity index is 477. The Morgan fingerprint density at radius 1 is 1.00 bits per heavy atom. The molecule has 1 heterocycles. The molecule has 1 aromatic rings. The second kappa shape index (κ2) is 6.29. The molecule has 0 amide bonds. The van der Waals surface area contributed by atoms with E-state index in [1.807, 2.05) is 0 Å². The van der Waals surface area contributed by atoms with Crippen molar-refractivity contribution in [2.75, 3.05) is 0 Å². The van der Waals surface area contributed by atoms with Crippen molar-refractivity contribution in [3.63, 3.8) is 0 Å². The fourth-order valence-electron chi connectivity index (χ4n) is 3.81. The lowest BCUT2D eigenvalue weighted by atomic mass is 9.77. The van der Waals surface area contributed by atoms with Crippen molar-refractivity contribution in [2.24, 2.45) is 11.8 Å². The smallest absolute Gasteiger partial charge is 0.229 e. The minimum atomic E-state index is 0.302. The molecule has 0 unspecified atom stereocenters. The minimum absolute atomic E-state index is 0.302. The third kappa shape index (κ3) is 3.35. The predicted octanol–water partition coefficient (Wildman–Crippen LogP) is 4.23. The van der Waals surface area contributed by atoms with Crippen LogP contribution < -0.4 is 0 Å². The fraction of sp³-hybridized carbons (Fsp3) is 0.824. The highest BCUT2D eigenvalue weighted by Crippen LogP contribution is 2.38. The summed E-state index contributed by atoms with van der Waals surface area (Å²) in [5.41, 5.74) is 0. The minimum Gasteiger partial charge on any atom is -0.339 e. The summed E-state index contributed by atoms with van der Waals surface area (Å²) in [5.74, 6) is 4.47. The standard InChI is InChI=1S/C17H26N2O2/c1-11(2)12-3-5-13(6-4-12)16-18-17(21-19-16)14-7-9-15(20)10-8-14/h11-14H,3-10H2,1-2H3. The van der Waals surface area contributed by atoms with Gasteiger partial charge in [0.05, 0.1) is 0 Å². The summed E-state index contributed by atoms with van der Waals surface area (Å²) in [6.07, 6.45) is 8.02. The van der Waals surface area contributed by atoms with Crippen molar-refractivity contribution in [3.8, 4) is 0 Å². The number of hydrogen-bond donors (Lipinski definition) is 0. The van der Waals surface area contributed by atoms with E-state index in [-0.39, 0.29) is 0 Å². The van der Waals surface area contributed by atoms with Crippen LogP contribution in [0.2, 0.25) is 0 Å². The molecule has 0 radical (unpaired) electrons. The van der Waals surface area contributed by atoms with E-state index in [0.29, 0.717) is 30.5 Å². The summed E-state index contributed by atoms with van der Waals surface area (Å²) in [7, 11) is 0. The molecule has 0 aliphatic heterocycles. The summed E-state index contributed by atoms with van der Waals surface area (Å²) >= 11 is 0. The van der Waals surface area contributed by atoms with E-state index < -0.39 is 0 Å². The highest BCUT2D eigenvalue weighted by atomic mass is 16.5. The van der Waals surface area contributed by atoms with Crippen LogP contribution in [0.4, 0.5) is 0 Å². The maximum absolute atomic E-state index is 11.3. The highest BCUT2D eigenvalue weighted by Gasteiger charge is 2.29. The van der Waals surface area contributed by atoms with Crippen molar-refractivity contribution in [3.05, 3.63) is 11.7 Å². The van der Waals surface area contributed by atoms with Crippen LogP contribution in [0.15, 0.2) is 4.52 Å². The van der Waals surface area contributed by atoms with Gasteiger partial charge in [-0.2, -0.15) is 4.98 Å². The zero-order chi connectivity index (χ0) is 14.8. The van der Waals surface area contributed by atoms with E-state index >= 15 is 0 Å². The number of aromatic nitrogens is 2. The van der Waals surface area contributed by atoms with E-state index in [0.717, 1.165) is 36.4 Å². The van der Waals surface area contributed by atoms with Crippen molar-refractivity contribution >= 4 is 5.78 Å². The molecule has 0 N–H and O–H groups in total. The second-order valence-electron chi connectivity index (χ2n) is 7.16. The molecule has 2 aliphatic carbocycles. The predicted molar refractivity (Wildman–Crippen MR) is 80.1 cm³/mol. The van der Waals surface area contributed by atoms with Gasteiger partial charge in [0.2, 0.25) is 5.89 Å². The average Bonchev–Trinajstić information content (AvgIpc) is 2.98. The van der Waals surface area contributed by atoms with Crippen LogP contribution in [-0.2, 0) is 4.79 Å². The van der Waals surface area contributed by atoms with Crippen molar-refractivity contribution in [1.29, 1.82) is 0 Å². The molecule has 2 aliphatic rings. The normalized spacial score (nSPS) is 28.2. The molecule has 0 aromatic carbocycles. The second-order valence-corrected chi connectivity index (χ2v) is 7.16. The van der Waals surface area contributed by atoms with Crippen LogP contribution >= 0.6 is 0 Å². The first-order chi connectivity index (χ1) is 10.1. The molecule has 4 heteroatoms. The van der Waals surface area contributed by atoms with Gasteiger partial charge in [-0.3, -0.25) is 4.79 Å². The highest BCUT2D eigenvalue weighted by molar-refractivity contribution is 5.79. The lowest BCUT2D eigenvalue weighted by Gasteiger charge is -2.29. The number of Topliss-reactive ketones (excluding diaryl/α,β-unsaturated/α-hetero) is 1. The quantitative estimate of drug-likeness (QED) is 0.836. The van der Waals surface area contributed by atoms with E-state index in [1.165, 1.54) is 25.7 Å². The molecule has 0 spiro atoms. The topological polar surface area (TPSA) is 56.0 Å². The number of carbonyl (C=O) groups excluding carboxylic acids is 1. The third-order valence-electron chi connectivity index (χ3n) is 5.43. The average molecular weight is 290 g/mol. The fourth-order valence-corrected chi connectivity index (χ4v) is 3.81. The van der Waals surface area contributed by atoms with Gasteiger partial charge >= 0.3 is 0 Å². The summed E-state index contributed by atoms with van der Waals surface area (Å²) in [4.78, 5) is 16.0. The largest absolute Gasteiger partial charge is 0.339 e. The van der Waals surface area contributed by atoms with E-state index in [2.05, 4.69) is 24.0 Å². The zero-order valence-electron chi connectivity index (χ0n) is 13.2. The van der Waals surface area contributed by atoms with Crippen molar-refractivity contribution in [1.82, 2.24) is 10.1 Å². The number of carbonyl (C=O) groups is 1. The summed E-state index contributed by atoms with van der Waals surface area (Å²) in [5, 5.41) is 4.23. The van der Waals surface area contributed by atoms with Gasteiger partial charge in [0, 0.05) is 24.7 Å².